The van der Waals surface area contributed by atoms with E-state index in [1.807, 2.05) is 12.1 Å². The van der Waals surface area contributed by atoms with Gasteiger partial charge in [-0.25, -0.2) is 0 Å². The Morgan fingerprint density at radius 1 is 1.30 bits per heavy atom. The van der Waals surface area contributed by atoms with Gasteiger partial charge < -0.3 is 14.4 Å². The summed E-state index contributed by atoms with van der Waals surface area (Å²) in [7, 11) is 0. The largest absolute Gasteiger partial charge is 0.486 e. The second-order valence-electron chi connectivity index (χ2n) is 6.50. The maximum Gasteiger partial charge on any atom is 0.226 e. The highest BCUT2D eigenvalue weighted by atomic mass is 16.5. The summed E-state index contributed by atoms with van der Waals surface area (Å²) in [6, 6.07) is 3.93. The maximum atomic E-state index is 12.8. The molecule has 3 atom stereocenters. The summed E-state index contributed by atoms with van der Waals surface area (Å²) in [6.45, 7) is 1.30. The molecule has 1 aromatic heterocycles. The topological polar surface area (TPSA) is 51.7 Å². The minimum Gasteiger partial charge on any atom is -0.486 e. The van der Waals surface area contributed by atoms with Crippen LogP contribution >= 0.6 is 0 Å². The van der Waals surface area contributed by atoms with E-state index in [2.05, 4.69) is 22.0 Å². The number of amides is 1. The van der Waals surface area contributed by atoms with Gasteiger partial charge in [0.05, 0.1) is 18.8 Å². The number of rotatable bonds is 3. The van der Waals surface area contributed by atoms with E-state index >= 15 is 0 Å². The van der Waals surface area contributed by atoms with E-state index < -0.39 is 0 Å². The van der Waals surface area contributed by atoms with Gasteiger partial charge in [-0.3, -0.25) is 9.78 Å². The lowest BCUT2D eigenvalue weighted by atomic mass is 10.0. The Kier molecular flexibility index (Phi) is 4.04. The maximum absolute atomic E-state index is 12.8. The van der Waals surface area contributed by atoms with Gasteiger partial charge in [0.2, 0.25) is 5.91 Å². The van der Waals surface area contributed by atoms with Crippen LogP contribution in [0.15, 0.2) is 36.7 Å². The summed E-state index contributed by atoms with van der Waals surface area (Å²) >= 11 is 0. The summed E-state index contributed by atoms with van der Waals surface area (Å²) in [5, 5.41) is 0. The Morgan fingerprint density at radius 3 is 2.96 bits per heavy atom. The number of nitrogens with zero attached hydrogens (tertiary/aromatic N) is 2. The molecular weight excluding hydrogens is 292 g/mol. The van der Waals surface area contributed by atoms with Crippen molar-refractivity contribution in [3.8, 4) is 5.75 Å². The Morgan fingerprint density at radius 2 is 2.17 bits per heavy atom. The number of pyridine rings is 1. The van der Waals surface area contributed by atoms with Crippen LogP contribution in [-0.4, -0.2) is 47.2 Å². The summed E-state index contributed by atoms with van der Waals surface area (Å²) in [4.78, 5) is 18.9. The van der Waals surface area contributed by atoms with Gasteiger partial charge in [-0.2, -0.15) is 0 Å². The van der Waals surface area contributed by atoms with E-state index in [4.69, 9.17) is 9.47 Å². The Bertz CT molecular complexity index is 581. The lowest BCUT2D eigenvalue weighted by Crippen LogP contribution is -2.55. The molecule has 2 heterocycles. The smallest absolute Gasteiger partial charge is 0.226 e. The molecule has 0 unspecified atom stereocenters. The van der Waals surface area contributed by atoms with Crippen molar-refractivity contribution >= 4 is 5.91 Å². The molecule has 0 spiro atoms. The molecule has 23 heavy (non-hydrogen) atoms. The summed E-state index contributed by atoms with van der Waals surface area (Å²) in [5.74, 6) is 1.19. The number of fused-ring (bicyclic) bond motifs is 1. The molecule has 5 heteroatoms. The molecular formula is C18H22N2O3. The molecule has 4 rings (SSSR count). The number of carbonyl (C=O) groups is 1. The Balaban J connectivity index is 1.45. The van der Waals surface area contributed by atoms with Crippen LogP contribution in [-0.2, 0) is 9.53 Å². The van der Waals surface area contributed by atoms with Crippen molar-refractivity contribution in [3.63, 3.8) is 0 Å². The van der Waals surface area contributed by atoms with Gasteiger partial charge in [0, 0.05) is 18.7 Å². The first kappa shape index (κ1) is 14.7. The lowest BCUT2D eigenvalue weighted by Gasteiger charge is -2.40. The quantitative estimate of drug-likeness (QED) is 0.803. The van der Waals surface area contributed by atoms with Gasteiger partial charge in [0.25, 0.3) is 0 Å². The zero-order chi connectivity index (χ0) is 15.6. The first-order chi connectivity index (χ1) is 11.3. The van der Waals surface area contributed by atoms with Crippen LogP contribution in [0.5, 0.6) is 5.75 Å². The molecule has 2 aliphatic carbocycles. The molecule has 1 saturated heterocycles. The first-order valence-electron chi connectivity index (χ1n) is 8.46. The summed E-state index contributed by atoms with van der Waals surface area (Å²) < 4.78 is 12.0. The van der Waals surface area contributed by atoms with Crippen molar-refractivity contribution in [1.82, 2.24) is 9.88 Å². The van der Waals surface area contributed by atoms with Crippen LogP contribution in [0.25, 0.3) is 0 Å². The standard InChI is InChI=1S/C18H22N2O3/c21-18(13-4-1-2-5-13)20-10-11-22-17-15(20)7-8-16(17)23-14-6-3-9-19-12-14/h1-3,6,9,12-13,15-17H,4-5,7-8,10-11H2/t15-,16-,17+/m0/s1. The van der Waals surface area contributed by atoms with Crippen molar-refractivity contribution in [2.45, 2.75) is 43.9 Å². The van der Waals surface area contributed by atoms with Gasteiger partial charge in [0.1, 0.15) is 18.0 Å². The highest BCUT2D eigenvalue weighted by Gasteiger charge is 2.46. The third kappa shape index (κ3) is 2.85. The second-order valence-corrected chi connectivity index (χ2v) is 6.50. The van der Waals surface area contributed by atoms with E-state index in [1.54, 1.807) is 12.4 Å². The fourth-order valence-corrected chi connectivity index (χ4v) is 3.96. The number of allylic oxidation sites excluding steroid dienone is 2. The van der Waals surface area contributed by atoms with E-state index in [1.165, 1.54) is 0 Å². The van der Waals surface area contributed by atoms with E-state index in [-0.39, 0.29) is 30.1 Å². The van der Waals surface area contributed by atoms with Crippen molar-refractivity contribution in [1.29, 1.82) is 0 Å². The molecule has 1 amide bonds. The number of aromatic nitrogens is 1. The van der Waals surface area contributed by atoms with Crippen LogP contribution < -0.4 is 4.74 Å². The van der Waals surface area contributed by atoms with Gasteiger partial charge in [-0.1, -0.05) is 12.2 Å². The predicted octanol–water partition coefficient (Wildman–Crippen LogP) is 2.18. The molecule has 1 saturated carbocycles. The zero-order valence-electron chi connectivity index (χ0n) is 13.1. The highest BCUT2D eigenvalue weighted by Crippen LogP contribution is 2.34. The molecule has 0 N–H and O–H groups in total. The van der Waals surface area contributed by atoms with Gasteiger partial charge in [0.15, 0.2) is 0 Å². The molecule has 1 aliphatic heterocycles. The SMILES string of the molecule is O=C(C1CC=CC1)N1CCO[C@H]2[C@@H](Oc3cccnc3)CC[C@@H]21. The van der Waals surface area contributed by atoms with E-state index in [9.17, 15) is 4.79 Å². The molecule has 2 fully saturated rings. The fourth-order valence-electron chi connectivity index (χ4n) is 3.96. The van der Waals surface area contributed by atoms with Crippen molar-refractivity contribution in [2.24, 2.45) is 5.92 Å². The van der Waals surface area contributed by atoms with Crippen LogP contribution in [0.2, 0.25) is 0 Å². The average Bonchev–Trinajstić information content (AvgIpc) is 3.25. The van der Waals surface area contributed by atoms with Gasteiger partial charge >= 0.3 is 0 Å². The molecule has 0 aromatic carbocycles. The number of morpholine rings is 1. The number of hydrogen-bond acceptors (Lipinski definition) is 4. The molecule has 0 bridgehead atoms. The molecule has 0 radical (unpaired) electrons. The van der Waals surface area contributed by atoms with Crippen LogP contribution in [0.3, 0.4) is 0 Å². The van der Waals surface area contributed by atoms with E-state index in [0.29, 0.717) is 13.2 Å². The second kappa shape index (κ2) is 6.32. The van der Waals surface area contributed by atoms with Crippen molar-refractivity contribution in [3.05, 3.63) is 36.7 Å². The molecule has 122 valence electrons. The van der Waals surface area contributed by atoms with Crippen LogP contribution in [0.1, 0.15) is 25.7 Å². The van der Waals surface area contributed by atoms with Crippen molar-refractivity contribution < 1.29 is 14.3 Å². The third-order valence-corrected chi connectivity index (χ3v) is 5.10. The van der Waals surface area contributed by atoms with Crippen molar-refractivity contribution in [2.75, 3.05) is 13.2 Å². The molecule has 5 nitrogen and oxygen atoms in total. The number of carbonyl (C=O) groups excluding carboxylic acids is 1. The fraction of sp³-hybridized carbons (Fsp3) is 0.556. The minimum atomic E-state index is -0.0257. The molecule has 3 aliphatic rings. The van der Waals surface area contributed by atoms with Gasteiger partial charge in [-0.05, 0) is 37.8 Å². The lowest BCUT2D eigenvalue weighted by molar-refractivity contribution is -0.151. The summed E-state index contributed by atoms with van der Waals surface area (Å²) in [6.07, 6.45) is 11.3. The number of hydrogen-bond donors (Lipinski definition) is 0. The number of ether oxygens (including phenoxy) is 2. The Hall–Kier alpha value is -1.88. The third-order valence-electron chi connectivity index (χ3n) is 5.10. The predicted molar refractivity (Wildman–Crippen MR) is 85.0 cm³/mol. The molecule has 1 aromatic rings. The first-order valence-corrected chi connectivity index (χ1v) is 8.46. The van der Waals surface area contributed by atoms with E-state index in [0.717, 1.165) is 31.4 Å². The van der Waals surface area contributed by atoms with Crippen LogP contribution in [0.4, 0.5) is 0 Å². The highest BCUT2D eigenvalue weighted by molar-refractivity contribution is 5.80. The summed E-state index contributed by atoms with van der Waals surface area (Å²) in [5.41, 5.74) is 0. The normalized spacial score (nSPS) is 30.4. The van der Waals surface area contributed by atoms with Gasteiger partial charge in [-0.15, -0.1) is 0 Å². The van der Waals surface area contributed by atoms with Crippen LogP contribution in [0, 0.1) is 5.92 Å². The average molecular weight is 314 g/mol. The monoisotopic (exact) mass is 314 g/mol. The zero-order valence-corrected chi connectivity index (χ0v) is 13.1. The Labute approximate surface area is 136 Å². The minimum absolute atomic E-state index is 0.00139.